The van der Waals surface area contributed by atoms with Gasteiger partial charge < -0.3 is 9.47 Å². The van der Waals surface area contributed by atoms with Crippen LogP contribution in [0.1, 0.15) is 22.3 Å². The molecule has 3 aromatic rings. The zero-order chi connectivity index (χ0) is 18.8. The van der Waals surface area contributed by atoms with Crippen LogP contribution in [-0.2, 0) is 13.6 Å². The first-order chi connectivity index (χ1) is 13.1. The topological polar surface area (TPSA) is 28.5 Å². The molecule has 0 spiro atoms. The Bertz CT molecular complexity index is 965. The van der Waals surface area contributed by atoms with Crippen LogP contribution in [-0.4, -0.2) is 46.5 Å². The molecule has 0 atom stereocenters. The zero-order valence-electron chi connectivity index (χ0n) is 15.6. The molecule has 2 heterocycles. The van der Waals surface area contributed by atoms with Crippen molar-refractivity contribution < 1.29 is 9.18 Å². The molecule has 2 aromatic carbocycles. The van der Waals surface area contributed by atoms with Crippen molar-refractivity contribution in [3.8, 4) is 0 Å². The van der Waals surface area contributed by atoms with E-state index in [1.54, 1.807) is 6.07 Å². The number of aryl methyl sites for hydroxylation is 1. The van der Waals surface area contributed by atoms with Gasteiger partial charge in [0.15, 0.2) is 0 Å². The van der Waals surface area contributed by atoms with E-state index in [2.05, 4.69) is 11.0 Å². The Morgan fingerprint density at radius 1 is 1.04 bits per heavy atom. The minimum absolute atomic E-state index is 0.0749. The molecule has 4 nitrogen and oxygen atoms in total. The molecule has 1 saturated heterocycles. The Balaban J connectivity index is 1.44. The molecule has 0 aliphatic carbocycles. The van der Waals surface area contributed by atoms with Gasteiger partial charge in [0.1, 0.15) is 5.82 Å². The average molecular weight is 365 g/mol. The van der Waals surface area contributed by atoms with Crippen molar-refractivity contribution in [1.29, 1.82) is 0 Å². The lowest BCUT2D eigenvalue weighted by Crippen LogP contribution is -2.35. The molecule has 0 radical (unpaired) electrons. The van der Waals surface area contributed by atoms with Crippen molar-refractivity contribution >= 4 is 16.8 Å². The van der Waals surface area contributed by atoms with Gasteiger partial charge in [0.25, 0.3) is 5.91 Å². The zero-order valence-corrected chi connectivity index (χ0v) is 15.6. The number of halogens is 1. The molecule has 5 heteroatoms. The summed E-state index contributed by atoms with van der Waals surface area (Å²) in [6.45, 7) is 3.61. The molecule has 0 saturated carbocycles. The SMILES string of the molecule is Cn1ccc2ccc(C(=O)N3CCCN(Cc4ccccc4F)CC3)cc21. The van der Waals surface area contributed by atoms with E-state index in [4.69, 9.17) is 0 Å². The maximum Gasteiger partial charge on any atom is 0.253 e. The van der Waals surface area contributed by atoms with Crippen LogP contribution < -0.4 is 0 Å². The highest BCUT2D eigenvalue weighted by Crippen LogP contribution is 2.19. The molecule has 1 aliphatic heterocycles. The Labute approximate surface area is 158 Å². The molecule has 1 fully saturated rings. The molecular weight excluding hydrogens is 341 g/mol. The number of carbonyl (C=O) groups excluding carboxylic acids is 1. The normalized spacial score (nSPS) is 15.9. The molecule has 1 aromatic heterocycles. The van der Waals surface area contributed by atoms with Crippen molar-refractivity contribution in [1.82, 2.24) is 14.4 Å². The van der Waals surface area contributed by atoms with E-state index >= 15 is 0 Å². The quantitative estimate of drug-likeness (QED) is 0.709. The van der Waals surface area contributed by atoms with Crippen LogP contribution in [0, 0.1) is 5.82 Å². The van der Waals surface area contributed by atoms with Gasteiger partial charge in [-0.05, 0) is 36.1 Å². The Morgan fingerprint density at radius 3 is 2.74 bits per heavy atom. The molecule has 140 valence electrons. The van der Waals surface area contributed by atoms with E-state index in [1.165, 1.54) is 6.07 Å². The smallest absolute Gasteiger partial charge is 0.253 e. The highest BCUT2D eigenvalue weighted by Gasteiger charge is 2.21. The van der Waals surface area contributed by atoms with Crippen LogP contribution in [0.15, 0.2) is 54.7 Å². The van der Waals surface area contributed by atoms with E-state index in [0.29, 0.717) is 18.7 Å². The van der Waals surface area contributed by atoms with Crippen LogP contribution in [0.2, 0.25) is 0 Å². The van der Waals surface area contributed by atoms with Crippen LogP contribution >= 0.6 is 0 Å². The molecule has 4 rings (SSSR count). The molecular formula is C22H24FN3O. The molecule has 0 bridgehead atoms. The molecule has 1 amide bonds. The maximum atomic E-state index is 13.9. The molecule has 0 N–H and O–H groups in total. The first-order valence-corrected chi connectivity index (χ1v) is 9.42. The number of benzene rings is 2. The molecule has 0 unspecified atom stereocenters. The summed E-state index contributed by atoms with van der Waals surface area (Å²) in [4.78, 5) is 17.1. The number of aromatic nitrogens is 1. The number of fused-ring (bicyclic) bond motifs is 1. The van der Waals surface area contributed by atoms with Crippen molar-refractivity contribution in [2.75, 3.05) is 26.2 Å². The first kappa shape index (κ1) is 17.7. The minimum Gasteiger partial charge on any atom is -0.351 e. The number of amides is 1. The summed E-state index contributed by atoms with van der Waals surface area (Å²) in [5.74, 6) is -0.0867. The van der Waals surface area contributed by atoms with Gasteiger partial charge in [-0.25, -0.2) is 4.39 Å². The van der Waals surface area contributed by atoms with Gasteiger partial charge in [-0.1, -0.05) is 24.3 Å². The summed E-state index contributed by atoms with van der Waals surface area (Å²) in [5.41, 5.74) is 2.51. The lowest BCUT2D eigenvalue weighted by atomic mass is 10.1. The second-order valence-corrected chi connectivity index (χ2v) is 7.21. The Morgan fingerprint density at radius 2 is 1.89 bits per heavy atom. The average Bonchev–Trinajstić information content (AvgIpc) is 2.89. The third-order valence-electron chi connectivity index (χ3n) is 5.36. The van der Waals surface area contributed by atoms with Crippen molar-refractivity contribution in [3.63, 3.8) is 0 Å². The van der Waals surface area contributed by atoms with E-state index in [1.807, 2.05) is 53.0 Å². The van der Waals surface area contributed by atoms with Gasteiger partial charge in [0, 0.05) is 62.6 Å². The number of hydrogen-bond acceptors (Lipinski definition) is 2. The number of hydrogen-bond donors (Lipinski definition) is 0. The summed E-state index contributed by atoms with van der Waals surface area (Å²) in [6.07, 6.45) is 2.90. The number of carbonyl (C=O) groups is 1. The fourth-order valence-electron chi connectivity index (χ4n) is 3.78. The maximum absolute atomic E-state index is 13.9. The summed E-state index contributed by atoms with van der Waals surface area (Å²) >= 11 is 0. The predicted octanol–water partition coefficient (Wildman–Crippen LogP) is 3.67. The van der Waals surface area contributed by atoms with Crippen molar-refractivity contribution in [2.45, 2.75) is 13.0 Å². The summed E-state index contributed by atoms with van der Waals surface area (Å²) in [5, 5.41) is 1.14. The Hall–Kier alpha value is -2.66. The van der Waals surface area contributed by atoms with Crippen LogP contribution in [0.25, 0.3) is 10.9 Å². The third kappa shape index (κ3) is 3.74. The second kappa shape index (κ2) is 7.53. The fourth-order valence-corrected chi connectivity index (χ4v) is 3.78. The third-order valence-corrected chi connectivity index (χ3v) is 5.36. The first-order valence-electron chi connectivity index (χ1n) is 9.42. The van der Waals surface area contributed by atoms with E-state index in [9.17, 15) is 9.18 Å². The highest BCUT2D eigenvalue weighted by molar-refractivity contribution is 5.98. The minimum atomic E-state index is -0.162. The van der Waals surface area contributed by atoms with E-state index in [-0.39, 0.29) is 11.7 Å². The second-order valence-electron chi connectivity index (χ2n) is 7.21. The molecule has 1 aliphatic rings. The number of rotatable bonds is 3. The van der Waals surface area contributed by atoms with Crippen LogP contribution in [0.3, 0.4) is 0 Å². The lowest BCUT2D eigenvalue weighted by Gasteiger charge is -2.22. The largest absolute Gasteiger partial charge is 0.351 e. The predicted molar refractivity (Wildman–Crippen MR) is 105 cm³/mol. The van der Waals surface area contributed by atoms with Gasteiger partial charge in [-0.15, -0.1) is 0 Å². The summed E-state index contributed by atoms with van der Waals surface area (Å²) in [6, 6.07) is 14.9. The van der Waals surface area contributed by atoms with Gasteiger partial charge in [-0.3, -0.25) is 9.69 Å². The Kier molecular flexibility index (Phi) is 4.94. The number of nitrogens with zero attached hydrogens (tertiary/aromatic N) is 3. The van der Waals surface area contributed by atoms with Gasteiger partial charge in [0.2, 0.25) is 0 Å². The monoisotopic (exact) mass is 365 g/mol. The molecule has 27 heavy (non-hydrogen) atoms. The van der Waals surface area contributed by atoms with Gasteiger partial charge in [-0.2, -0.15) is 0 Å². The van der Waals surface area contributed by atoms with Crippen molar-refractivity contribution in [3.05, 3.63) is 71.7 Å². The van der Waals surface area contributed by atoms with Gasteiger partial charge >= 0.3 is 0 Å². The summed E-state index contributed by atoms with van der Waals surface area (Å²) < 4.78 is 15.9. The van der Waals surface area contributed by atoms with E-state index in [0.717, 1.165) is 42.5 Å². The lowest BCUT2D eigenvalue weighted by molar-refractivity contribution is 0.0761. The van der Waals surface area contributed by atoms with Crippen molar-refractivity contribution in [2.24, 2.45) is 7.05 Å². The van der Waals surface area contributed by atoms with Crippen LogP contribution in [0.5, 0.6) is 0 Å². The fraction of sp³-hybridized carbons (Fsp3) is 0.318. The highest BCUT2D eigenvalue weighted by atomic mass is 19.1. The standard InChI is InChI=1S/C22H24FN3O/c1-24-12-9-17-7-8-18(15-21(17)24)22(27)26-11-4-10-25(13-14-26)16-19-5-2-3-6-20(19)23/h2-3,5-9,12,15H,4,10-11,13-14,16H2,1H3. The van der Waals surface area contributed by atoms with Gasteiger partial charge in [0.05, 0.1) is 0 Å². The summed E-state index contributed by atoms with van der Waals surface area (Å²) in [7, 11) is 1.99. The van der Waals surface area contributed by atoms with E-state index < -0.39 is 0 Å². The van der Waals surface area contributed by atoms with Crippen LogP contribution in [0.4, 0.5) is 4.39 Å².